The fraction of sp³-hybridized carbons (Fsp3) is 0.400. The summed E-state index contributed by atoms with van der Waals surface area (Å²) >= 11 is 0. The molecule has 1 saturated heterocycles. The van der Waals surface area contributed by atoms with E-state index in [1.807, 2.05) is 13.0 Å². The van der Waals surface area contributed by atoms with Gasteiger partial charge in [-0.1, -0.05) is 6.08 Å². The average molecular weight is 112 g/mol. The van der Waals surface area contributed by atoms with E-state index in [2.05, 4.69) is 10.6 Å². The minimum Gasteiger partial charge on any atom is -0.332 e. The second kappa shape index (κ2) is 1.86. The van der Waals surface area contributed by atoms with Crippen LogP contribution < -0.4 is 10.6 Å². The van der Waals surface area contributed by atoms with Crippen molar-refractivity contribution in [1.29, 1.82) is 0 Å². The quantitative estimate of drug-likeness (QED) is 0.462. The lowest BCUT2D eigenvalue weighted by atomic mass is 10.4. The maximum absolute atomic E-state index is 10.3. The first-order chi connectivity index (χ1) is 3.83. The summed E-state index contributed by atoms with van der Waals surface area (Å²) in [6.45, 7) is 2.54. The highest BCUT2D eigenvalue weighted by molar-refractivity contribution is 5.79. The molecule has 0 atom stereocenters. The molecule has 0 unspecified atom stereocenters. The van der Waals surface area contributed by atoms with Gasteiger partial charge < -0.3 is 10.6 Å². The van der Waals surface area contributed by atoms with Crippen LogP contribution in [0.2, 0.25) is 0 Å². The molecule has 0 aromatic heterocycles. The van der Waals surface area contributed by atoms with Crippen molar-refractivity contribution < 1.29 is 4.79 Å². The molecule has 0 saturated carbocycles. The summed E-state index contributed by atoms with van der Waals surface area (Å²) in [6.07, 6.45) is 1.87. The van der Waals surface area contributed by atoms with Crippen molar-refractivity contribution in [2.45, 2.75) is 6.92 Å². The molecule has 3 heteroatoms. The second-order valence-electron chi connectivity index (χ2n) is 1.62. The Labute approximate surface area is 47.8 Å². The number of allylic oxidation sites excluding steroid dienone is 1. The van der Waals surface area contributed by atoms with Gasteiger partial charge in [-0.3, -0.25) is 0 Å². The summed E-state index contributed by atoms with van der Waals surface area (Å²) in [5.74, 6) is 0. The first kappa shape index (κ1) is 5.15. The molecule has 0 spiro atoms. The van der Waals surface area contributed by atoms with Crippen LogP contribution in [0.5, 0.6) is 0 Å². The van der Waals surface area contributed by atoms with Gasteiger partial charge in [-0.05, 0) is 6.92 Å². The minimum absolute atomic E-state index is 0.0990. The van der Waals surface area contributed by atoms with Gasteiger partial charge in [0, 0.05) is 5.70 Å². The summed E-state index contributed by atoms with van der Waals surface area (Å²) in [5.41, 5.74) is 0.954. The molecule has 3 nitrogen and oxygen atoms in total. The molecule has 0 aromatic rings. The van der Waals surface area contributed by atoms with E-state index in [4.69, 9.17) is 0 Å². The van der Waals surface area contributed by atoms with Crippen molar-refractivity contribution in [3.63, 3.8) is 0 Å². The standard InChI is InChI=1S/C5H8N2O/c1-2-4-3-6-5(8)7-4/h2H,3H2,1H3,(H2,6,7,8)/b4-2+. The van der Waals surface area contributed by atoms with E-state index in [9.17, 15) is 4.79 Å². The van der Waals surface area contributed by atoms with Gasteiger partial charge in [-0.2, -0.15) is 0 Å². The van der Waals surface area contributed by atoms with Gasteiger partial charge >= 0.3 is 6.03 Å². The summed E-state index contributed by atoms with van der Waals surface area (Å²) < 4.78 is 0. The highest BCUT2D eigenvalue weighted by Gasteiger charge is 2.09. The molecule has 1 aliphatic rings. The Bertz CT molecular complexity index is 139. The van der Waals surface area contributed by atoms with Crippen LogP contribution in [0.1, 0.15) is 6.92 Å². The van der Waals surface area contributed by atoms with Crippen LogP contribution in [-0.2, 0) is 0 Å². The van der Waals surface area contributed by atoms with Crippen LogP contribution in [0, 0.1) is 0 Å². The summed E-state index contributed by atoms with van der Waals surface area (Å²) in [5, 5.41) is 5.22. The lowest BCUT2D eigenvalue weighted by Crippen LogP contribution is -2.19. The Kier molecular flexibility index (Phi) is 1.20. The molecular formula is C5H8N2O. The number of nitrogens with one attached hydrogen (secondary N) is 2. The van der Waals surface area contributed by atoms with Crippen molar-refractivity contribution in [3.8, 4) is 0 Å². The predicted molar refractivity (Wildman–Crippen MR) is 30.3 cm³/mol. The number of amides is 2. The SMILES string of the molecule is C/C=C1\CNC(=O)N1. The van der Waals surface area contributed by atoms with Crippen LogP contribution in [0.15, 0.2) is 11.8 Å². The lowest BCUT2D eigenvalue weighted by Gasteiger charge is -1.86. The largest absolute Gasteiger partial charge is 0.332 e. The van der Waals surface area contributed by atoms with Gasteiger partial charge in [-0.25, -0.2) is 4.79 Å². The zero-order valence-electron chi connectivity index (χ0n) is 4.69. The summed E-state index contributed by atoms with van der Waals surface area (Å²) in [7, 11) is 0. The topological polar surface area (TPSA) is 41.1 Å². The molecule has 44 valence electrons. The molecule has 2 amide bonds. The Morgan fingerprint density at radius 3 is 2.75 bits per heavy atom. The molecule has 2 N–H and O–H groups in total. The van der Waals surface area contributed by atoms with E-state index in [1.54, 1.807) is 0 Å². The molecule has 0 aliphatic carbocycles. The third-order valence-corrected chi connectivity index (χ3v) is 1.06. The van der Waals surface area contributed by atoms with Gasteiger partial charge in [0.15, 0.2) is 0 Å². The third kappa shape index (κ3) is 0.804. The molecular weight excluding hydrogens is 104 g/mol. The lowest BCUT2D eigenvalue weighted by molar-refractivity contribution is 0.249. The Morgan fingerprint density at radius 2 is 2.50 bits per heavy atom. The van der Waals surface area contributed by atoms with Gasteiger partial charge in [0.2, 0.25) is 0 Å². The van der Waals surface area contributed by atoms with Gasteiger partial charge in [0.25, 0.3) is 0 Å². The molecule has 1 aliphatic heterocycles. The fourth-order valence-corrected chi connectivity index (χ4v) is 0.584. The predicted octanol–water partition coefficient (Wildman–Crippen LogP) is 0.203. The Morgan fingerprint density at radius 1 is 1.75 bits per heavy atom. The van der Waals surface area contributed by atoms with Crippen molar-refractivity contribution in [2.24, 2.45) is 0 Å². The monoisotopic (exact) mass is 112 g/mol. The van der Waals surface area contributed by atoms with E-state index in [-0.39, 0.29) is 6.03 Å². The van der Waals surface area contributed by atoms with Crippen LogP contribution >= 0.6 is 0 Å². The highest BCUT2D eigenvalue weighted by Crippen LogP contribution is 1.91. The number of urea groups is 1. The first-order valence-corrected chi connectivity index (χ1v) is 2.53. The minimum atomic E-state index is -0.0990. The van der Waals surface area contributed by atoms with Crippen molar-refractivity contribution in [3.05, 3.63) is 11.8 Å². The van der Waals surface area contributed by atoms with Crippen LogP contribution in [-0.4, -0.2) is 12.6 Å². The molecule has 8 heavy (non-hydrogen) atoms. The van der Waals surface area contributed by atoms with Gasteiger partial charge in [-0.15, -0.1) is 0 Å². The van der Waals surface area contributed by atoms with Gasteiger partial charge in [0.05, 0.1) is 6.54 Å². The van der Waals surface area contributed by atoms with Crippen molar-refractivity contribution in [2.75, 3.05) is 6.54 Å². The van der Waals surface area contributed by atoms with E-state index < -0.39 is 0 Å². The van der Waals surface area contributed by atoms with Crippen molar-refractivity contribution in [1.82, 2.24) is 10.6 Å². The van der Waals surface area contributed by atoms with Crippen molar-refractivity contribution >= 4 is 6.03 Å². The fourth-order valence-electron chi connectivity index (χ4n) is 0.584. The van der Waals surface area contributed by atoms with E-state index in [0.29, 0.717) is 6.54 Å². The average Bonchev–Trinajstić information content (AvgIpc) is 2.14. The molecule has 1 heterocycles. The molecule has 0 aromatic carbocycles. The maximum Gasteiger partial charge on any atom is 0.319 e. The normalized spacial score (nSPS) is 23.1. The molecule has 1 fully saturated rings. The summed E-state index contributed by atoms with van der Waals surface area (Å²) in [6, 6.07) is -0.0990. The molecule has 1 rings (SSSR count). The smallest absolute Gasteiger partial charge is 0.319 e. The number of rotatable bonds is 0. The van der Waals surface area contributed by atoms with E-state index >= 15 is 0 Å². The van der Waals surface area contributed by atoms with Crippen LogP contribution in [0.4, 0.5) is 4.79 Å². The number of carbonyl (C=O) groups is 1. The Hall–Kier alpha value is -0.990. The van der Waals surface area contributed by atoms with Crippen LogP contribution in [0.3, 0.4) is 0 Å². The second-order valence-corrected chi connectivity index (χ2v) is 1.62. The zero-order valence-corrected chi connectivity index (χ0v) is 4.69. The number of carbonyl (C=O) groups excluding carboxylic acids is 1. The number of hydrogen-bond acceptors (Lipinski definition) is 1. The molecule has 0 radical (unpaired) electrons. The Balaban J connectivity index is 2.56. The molecule has 0 bridgehead atoms. The van der Waals surface area contributed by atoms with Crippen LogP contribution in [0.25, 0.3) is 0 Å². The first-order valence-electron chi connectivity index (χ1n) is 2.53. The van der Waals surface area contributed by atoms with E-state index in [1.165, 1.54) is 0 Å². The van der Waals surface area contributed by atoms with Gasteiger partial charge in [0.1, 0.15) is 0 Å². The number of hydrogen-bond donors (Lipinski definition) is 2. The van der Waals surface area contributed by atoms with E-state index in [0.717, 1.165) is 5.70 Å². The zero-order chi connectivity index (χ0) is 5.98. The highest BCUT2D eigenvalue weighted by atomic mass is 16.2. The maximum atomic E-state index is 10.3. The third-order valence-electron chi connectivity index (χ3n) is 1.06. The summed E-state index contributed by atoms with van der Waals surface area (Å²) in [4.78, 5) is 10.3.